The number of aromatic amines is 1. The zero-order chi connectivity index (χ0) is 17.2. The molecule has 0 amide bonds. The normalized spacial score (nSPS) is 37.6. The van der Waals surface area contributed by atoms with Crippen LogP contribution < -0.4 is 0 Å². The molecule has 5 heteroatoms. The number of rotatable bonds is 4. The van der Waals surface area contributed by atoms with Crippen molar-refractivity contribution >= 4 is 0 Å². The molecule has 2 aromatic heterocycles. The molecule has 25 heavy (non-hydrogen) atoms. The van der Waals surface area contributed by atoms with E-state index in [0.717, 1.165) is 42.9 Å². The zero-order valence-electron chi connectivity index (χ0n) is 15.2. The second kappa shape index (κ2) is 5.19. The van der Waals surface area contributed by atoms with E-state index in [2.05, 4.69) is 45.9 Å². The van der Waals surface area contributed by atoms with Crippen LogP contribution in [0.5, 0.6) is 0 Å². The molecule has 0 aliphatic heterocycles. The van der Waals surface area contributed by atoms with Crippen molar-refractivity contribution < 1.29 is 5.11 Å². The lowest BCUT2D eigenvalue weighted by Gasteiger charge is -2.62. The number of nitrogens with one attached hydrogen (secondary N) is 1. The molecule has 6 rings (SSSR count). The van der Waals surface area contributed by atoms with E-state index in [1.54, 1.807) is 0 Å². The van der Waals surface area contributed by atoms with Crippen molar-refractivity contribution in [1.29, 1.82) is 0 Å². The Kier molecular flexibility index (Phi) is 3.25. The standard InChI is InChI=1S/C20H28N4O/c1-3-16-7-17(23-22-16)18-21-4-5-24(18)13(2)19-8-14-6-15(9-19)11-20(25,10-14)12-19/h4-5,7,13-15,25H,3,6,8-12H2,1-2H3,(H,22,23)/t13-,14-,15+,19?,20?/m1/s1. The average molecular weight is 340 g/mol. The van der Waals surface area contributed by atoms with E-state index in [1.165, 1.54) is 19.3 Å². The summed E-state index contributed by atoms with van der Waals surface area (Å²) in [5.41, 5.74) is 1.86. The SMILES string of the molecule is CCc1cc(-c2nccn2[C@H](C)C23C[C@@H]4C[C@@H](CC(O)(C4)C2)C3)n[nH]1. The highest BCUT2D eigenvalue weighted by molar-refractivity contribution is 5.50. The lowest BCUT2D eigenvalue weighted by Crippen LogP contribution is -2.57. The third kappa shape index (κ3) is 2.31. The van der Waals surface area contributed by atoms with Crippen LogP contribution >= 0.6 is 0 Å². The summed E-state index contributed by atoms with van der Waals surface area (Å²) in [5, 5.41) is 18.7. The van der Waals surface area contributed by atoms with Crippen LogP contribution in [0.15, 0.2) is 18.5 Å². The smallest absolute Gasteiger partial charge is 0.160 e. The average Bonchev–Trinajstić information content (AvgIpc) is 3.20. The number of H-pyrrole nitrogens is 1. The number of imidazole rings is 1. The molecule has 4 aliphatic carbocycles. The van der Waals surface area contributed by atoms with Gasteiger partial charge in [0.1, 0.15) is 5.69 Å². The molecule has 0 radical (unpaired) electrons. The Bertz CT molecular complexity index is 777. The van der Waals surface area contributed by atoms with E-state index in [-0.39, 0.29) is 5.41 Å². The van der Waals surface area contributed by atoms with E-state index in [0.29, 0.717) is 17.9 Å². The predicted octanol–water partition coefficient (Wildman–Crippen LogP) is 3.73. The summed E-state index contributed by atoms with van der Waals surface area (Å²) in [6.45, 7) is 4.46. The Balaban J connectivity index is 1.51. The number of aliphatic hydroxyl groups is 1. The van der Waals surface area contributed by atoms with Crippen molar-refractivity contribution in [2.45, 2.75) is 70.4 Å². The van der Waals surface area contributed by atoms with Gasteiger partial charge >= 0.3 is 0 Å². The van der Waals surface area contributed by atoms with Gasteiger partial charge in [-0.1, -0.05) is 6.92 Å². The summed E-state index contributed by atoms with van der Waals surface area (Å²) < 4.78 is 2.31. The van der Waals surface area contributed by atoms with Crippen molar-refractivity contribution in [3.8, 4) is 11.5 Å². The van der Waals surface area contributed by atoms with Crippen LogP contribution in [-0.4, -0.2) is 30.5 Å². The lowest BCUT2D eigenvalue weighted by molar-refractivity contribution is -0.176. The molecular formula is C20H28N4O. The summed E-state index contributed by atoms with van der Waals surface area (Å²) in [6.07, 6.45) is 11.8. The van der Waals surface area contributed by atoms with Crippen molar-refractivity contribution in [2.24, 2.45) is 17.3 Å². The first-order valence-corrected chi connectivity index (χ1v) is 9.80. The zero-order valence-corrected chi connectivity index (χ0v) is 15.2. The van der Waals surface area contributed by atoms with Gasteiger partial charge in [0.2, 0.25) is 0 Å². The van der Waals surface area contributed by atoms with E-state index in [1.807, 2.05) is 6.20 Å². The third-order valence-corrected chi connectivity index (χ3v) is 7.29. The van der Waals surface area contributed by atoms with Crippen LogP contribution in [0.2, 0.25) is 0 Å². The second-order valence-electron chi connectivity index (χ2n) is 9.01. The largest absolute Gasteiger partial charge is 0.390 e. The molecule has 4 fully saturated rings. The quantitative estimate of drug-likeness (QED) is 0.891. The molecule has 134 valence electrons. The predicted molar refractivity (Wildman–Crippen MR) is 96.0 cm³/mol. The van der Waals surface area contributed by atoms with Crippen LogP contribution in [0.4, 0.5) is 0 Å². The number of aromatic nitrogens is 4. The maximum Gasteiger partial charge on any atom is 0.160 e. The van der Waals surface area contributed by atoms with E-state index in [9.17, 15) is 5.11 Å². The number of hydrogen-bond donors (Lipinski definition) is 2. The van der Waals surface area contributed by atoms with Crippen LogP contribution in [0.25, 0.3) is 11.5 Å². The van der Waals surface area contributed by atoms with Gasteiger partial charge in [0.15, 0.2) is 5.82 Å². The third-order valence-electron chi connectivity index (χ3n) is 7.29. The van der Waals surface area contributed by atoms with Crippen molar-refractivity contribution in [3.05, 3.63) is 24.2 Å². The van der Waals surface area contributed by atoms with Gasteiger partial charge in [-0.3, -0.25) is 5.10 Å². The highest BCUT2D eigenvalue weighted by Gasteiger charge is 2.59. The van der Waals surface area contributed by atoms with Gasteiger partial charge < -0.3 is 9.67 Å². The highest BCUT2D eigenvalue weighted by Crippen LogP contribution is 2.65. The molecule has 2 N–H and O–H groups in total. The van der Waals surface area contributed by atoms with Gasteiger partial charge in [-0.15, -0.1) is 0 Å². The summed E-state index contributed by atoms with van der Waals surface area (Å²) in [5.74, 6) is 2.36. The van der Waals surface area contributed by atoms with Crippen molar-refractivity contribution in [1.82, 2.24) is 19.7 Å². The van der Waals surface area contributed by atoms with Gasteiger partial charge in [-0.05, 0) is 75.2 Å². The lowest BCUT2D eigenvalue weighted by atomic mass is 9.46. The van der Waals surface area contributed by atoms with Gasteiger partial charge in [0.25, 0.3) is 0 Å². The summed E-state index contributed by atoms with van der Waals surface area (Å²) in [6, 6.07) is 2.45. The van der Waals surface area contributed by atoms with Crippen LogP contribution in [0, 0.1) is 17.3 Å². The number of aryl methyl sites for hydroxylation is 1. The Morgan fingerprint density at radius 3 is 2.72 bits per heavy atom. The number of hydrogen-bond acceptors (Lipinski definition) is 3. The molecule has 5 nitrogen and oxygen atoms in total. The fourth-order valence-corrected chi connectivity index (χ4v) is 6.55. The minimum atomic E-state index is -0.416. The van der Waals surface area contributed by atoms with Crippen molar-refractivity contribution in [3.63, 3.8) is 0 Å². The van der Waals surface area contributed by atoms with Crippen LogP contribution in [0.1, 0.15) is 64.1 Å². The Morgan fingerprint density at radius 2 is 2.08 bits per heavy atom. The molecule has 2 aromatic rings. The first-order valence-electron chi connectivity index (χ1n) is 9.80. The minimum Gasteiger partial charge on any atom is -0.390 e. The molecule has 0 saturated heterocycles. The first kappa shape index (κ1) is 15.6. The highest BCUT2D eigenvalue weighted by atomic mass is 16.3. The molecule has 0 spiro atoms. The van der Waals surface area contributed by atoms with Gasteiger partial charge in [0, 0.05) is 24.1 Å². The molecule has 4 saturated carbocycles. The first-order chi connectivity index (χ1) is 12.0. The number of nitrogens with zero attached hydrogens (tertiary/aromatic N) is 3. The molecule has 0 aromatic carbocycles. The Labute approximate surface area is 148 Å². The Hall–Kier alpha value is -1.62. The minimum absolute atomic E-state index is 0.207. The molecule has 2 heterocycles. The maximum atomic E-state index is 11.1. The monoisotopic (exact) mass is 340 g/mol. The van der Waals surface area contributed by atoms with E-state index >= 15 is 0 Å². The molecule has 4 bridgehead atoms. The van der Waals surface area contributed by atoms with E-state index < -0.39 is 5.60 Å². The summed E-state index contributed by atoms with van der Waals surface area (Å²) in [4.78, 5) is 4.62. The Morgan fingerprint density at radius 1 is 1.32 bits per heavy atom. The van der Waals surface area contributed by atoms with Gasteiger partial charge in [0.05, 0.1) is 5.60 Å². The molecule has 5 atom stereocenters. The van der Waals surface area contributed by atoms with Gasteiger partial charge in [-0.2, -0.15) is 5.10 Å². The van der Waals surface area contributed by atoms with Gasteiger partial charge in [-0.25, -0.2) is 4.98 Å². The topological polar surface area (TPSA) is 66.7 Å². The molecule has 2 unspecified atom stereocenters. The fourth-order valence-electron chi connectivity index (χ4n) is 6.55. The molecule has 4 aliphatic rings. The maximum absolute atomic E-state index is 11.1. The summed E-state index contributed by atoms with van der Waals surface area (Å²) in [7, 11) is 0. The fraction of sp³-hybridized carbons (Fsp3) is 0.700. The van der Waals surface area contributed by atoms with Crippen LogP contribution in [-0.2, 0) is 6.42 Å². The molecular weight excluding hydrogens is 312 g/mol. The van der Waals surface area contributed by atoms with Crippen LogP contribution in [0.3, 0.4) is 0 Å². The summed E-state index contributed by atoms with van der Waals surface area (Å²) >= 11 is 0. The van der Waals surface area contributed by atoms with E-state index in [4.69, 9.17) is 0 Å². The second-order valence-corrected chi connectivity index (χ2v) is 9.01. The van der Waals surface area contributed by atoms with Crippen molar-refractivity contribution in [2.75, 3.05) is 0 Å².